The molecular formula is C29H42N2O2. The van der Waals surface area contributed by atoms with Crippen molar-refractivity contribution in [2.24, 2.45) is 0 Å². The second-order valence-corrected chi connectivity index (χ2v) is 7.88. The fourth-order valence-electron chi connectivity index (χ4n) is 2.99. The second-order valence-electron chi connectivity index (χ2n) is 7.88. The Hall–Kier alpha value is -2.72. The number of hydrogen-bond acceptors (Lipinski definition) is 4. The van der Waals surface area contributed by atoms with Crippen LogP contribution in [0, 0.1) is 0 Å². The number of esters is 1. The van der Waals surface area contributed by atoms with Gasteiger partial charge >= 0.3 is 5.97 Å². The summed E-state index contributed by atoms with van der Waals surface area (Å²) in [6.07, 6.45) is 34.0. The van der Waals surface area contributed by atoms with Crippen LogP contribution in [0.3, 0.4) is 0 Å². The number of carbonyl (C=O) groups is 1. The molecule has 1 rings (SSSR count). The molecule has 0 saturated heterocycles. The van der Waals surface area contributed by atoms with Crippen molar-refractivity contribution in [3.8, 4) is 0 Å². The van der Waals surface area contributed by atoms with Crippen LogP contribution < -0.4 is 0 Å². The highest BCUT2D eigenvalue weighted by atomic mass is 16.5. The zero-order valence-corrected chi connectivity index (χ0v) is 20.6. The van der Waals surface area contributed by atoms with Crippen LogP contribution in [0.1, 0.15) is 68.6 Å². The molecule has 0 aliphatic carbocycles. The lowest BCUT2D eigenvalue weighted by atomic mass is 10.2. The molecule has 0 fully saturated rings. The van der Waals surface area contributed by atoms with E-state index >= 15 is 0 Å². The van der Waals surface area contributed by atoms with Crippen molar-refractivity contribution in [2.75, 3.05) is 26.7 Å². The van der Waals surface area contributed by atoms with E-state index in [-0.39, 0.29) is 5.97 Å². The third-order valence-corrected chi connectivity index (χ3v) is 4.92. The second kappa shape index (κ2) is 21.1. The number of pyridine rings is 1. The molecule has 0 aromatic carbocycles. The Morgan fingerprint density at radius 3 is 2.06 bits per heavy atom. The Morgan fingerprint density at radius 1 is 0.879 bits per heavy atom. The molecule has 180 valence electrons. The molecule has 4 heteroatoms. The number of ether oxygens (including phenoxy) is 1. The Morgan fingerprint density at radius 2 is 1.48 bits per heavy atom. The van der Waals surface area contributed by atoms with Crippen LogP contribution in [0.15, 0.2) is 85.3 Å². The topological polar surface area (TPSA) is 42.4 Å². The largest absolute Gasteiger partial charge is 0.461 e. The smallest absolute Gasteiger partial charge is 0.339 e. The van der Waals surface area contributed by atoms with Crippen molar-refractivity contribution in [3.05, 3.63) is 90.9 Å². The number of rotatable bonds is 18. The minimum absolute atomic E-state index is 0.310. The first-order chi connectivity index (χ1) is 16.2. The van der Waals surface area contributed by atoms with E-state index in [9.17, 15) is 4.79 Å². The molecule has 0 aliphatic heterocycles. The number of unbranched alkanes of at least 4 members (excludes halogenated alkanes) is 2. The molecule has 0 radical (unpaired) electrons. The first kappa shape index (κ1) is 28.3. The lowest BCUT2D eigenvalue weighted by Gasteiger charge is -2.16. The molecular weight excluding hydrogens is 408 g/mol. The van der Waals surface area contributed by atoms with Crippen LogP contribution in [0.2, 0.25) is 0 Å². The number of carbonyl (C=O) groups excluding carboxylic acids is 1. The van der Waals surface area contributed by atoms with Crippen molar-refractivity contribution in [2.45, 2.75) is 58.3 Å². The van der Waals surface area contributed by atoms with Gasteiger partial charge in [-0.15, -0.1) is 0 Å². The van der Waals surface area contributed by atoms with Crippen LogP contribution in [0.4, 0.5) is 0 Å². The van der Waals surface area contributed by atoms with Gasteiger partial charge in [0, 0.05) is 18.9 Å². The molecule has 0 spiro atoms. The summed E-state index contributed by atoms with van der Waals surface area (Å²) in [7, 11) is 2.06. The predicted molar refractivity (Wildman–Crippen MR) is 140 cm³/mol. The lowest BCUT2D eigenvalue weighted by Crippen LogP contribution is -2.25. The van der Waals surface area contributed by atoms with Crippen molar-refractivity contribution < 1.29 is 9.53 Å². The summed E-state index contributed by atoms with van der Waals surface area (Å²) in [4.78, 5) is 18.0. The van der Waals surface area contributed by atoms with E-state index in [1.807, 2.05) is 0 Å². The molecule has 0 N–H and O–H groups in total. The van der Waals surface area contributed by atoms with Crippen LogP contribution in [0.5, 0.6) is 0 Å². The highest BCUT2D eigenvalue weighted by Crippen LogP contribution is 2.02. The highest BCUT2D eigenvalue weighted by Gasteiger charge is 2.07. The zero-order valence-electron chi connectivity index (χ0n) is 20.6. The minimum atomic E-state index is -0.310. The van der Waals surface area contributed by atoms with E-state index in [1.54, 1.807) is 18.3 Å². The molecule has 33 heavy (non-hydrogen) atoms. The van der Waals surface area contributed by atoms with E-state index in [1.165, 1.54) is 12.6 Å². The van der Waals surface area contributed by atoms with Gasteiger partial charge in [0.2, 0.25) is 0 Å². The van der Waals surface area contributed by atoms with Crippen LogP contribution in [0.25, 0.3) is 0 Å². The van der Waals surface area contributed by atoms with Gasteiger partial charge in [0.1, 0.15) is 6.61 Å². The summed E-state index contributed by atoms with van der Waals surface area (Å²) < 4.78 is 5.29. The molecule has 0 amide bonds. The fourth-order valence-corrected chi connectivity index (χ4v) is 2.99. The lowest BCUT2D eigenvalue weighted by molar-refractivity contribution is 0.0472. The van der Waals surface area contributed by atoms with Gasteiger partial charge in [0.25, 0.3) is 0 Å². The maximum atomic E-state index is 11.9. The average molecular weight is 451 g/mol. The van der Waals surface area contributed by atoms with Gasteiger partial charge in [-0.25, -0.2) is 4.79 Å². The fraction of sp³-hybridized carbons (Fsp3) is 0.448. The number of allylic oxidation sites excluding steroid dienone is 10. The molecule has 0 aliphatic rings. The summed E-state index contributed by atoms with van der Waals surface area (Å²) in [5, 5.41) is 0. The van der Waals surface area contributed by atoms with Crippen molar-refractivity contribution in [1.29, 1.82) is 0 Å². The standard InChI is InChI=1S/C29H42N2O2/c1-3-4-5-6-7-8-9-10-11-12-13-14-15-16-17-18-19-20-24-31(2)25-26-33-29(32)28-22-21-23-30-27-28/h4-5,7-8,10-11,13-14,16-17,21-23,27H,3,6,9,12,15,18-20,24-26H2,1-2H3/b5-4+,8-7+,11-10+,14-13+,17-16+. The predicted octanol–water partition coefficient (Wildman–Crippen LogP) is 7.09. The third-order valence-electron chi connectivity index (χ3n) is 4.92. The Bertz CT molecular complexity index is 748. The monoisotopic (exact) mass is 450 g/mol. The molecule has 4 nitrogen and oxygen atoms in total. The zero-order chi connectivity index (χ0) is 23.8. The quantitative estimate of drug-likeness (QED) is 0.136. The van der Waals surface area contributed by atoms with Crippen molar-refractivity contribution >= 4 is 5.97 Å². The maximum Gasteiger partial charge on any atom is 0.339 e. The Kier molecular flexibility index (Phi) is 18.1. The summed E-state index contributed by atoms with van der Waals surface area (Å²) in [5.74, 6) is -0.310. The van der Waals surface area contributed by atoms with Gasteiger partial charge in [-0.3, -0.25) is 4.98 Å². The van der Waals surface area contributed by atoms with E-state index in [0.717, 1.165) is 58.0 Å². The van der Waals surface area contributed by atoms with E-state index in [2.05, 4.69) is 84.6 Å². The minimum Gasteiger partial charge on any atom is -0.461 e. The molecule has 1 aromatic heterocycles. The van der Waals surface area contributed by atoms with E-state index < -0.39 is 0 Å². The van der Waals surface area contributed by atoms with Gasteiger partial charge in [0.05, 0.1) is 5.56 Å². The van der Waals surface area contributed by atoms with Gasteiger partial charge in [0.15, 0.2) is 0 Å². The number of aromatic nitrogens is 1. The van der Waals surface area contributed by atoms with Crippen LogP contribution >= 0.6 is 0 Å². The number of likely N-dealkylation sites (N-methyl/N-ethyl adjacent to an activating group) is 1. The molecule has 0 unspecified atom stereocenters. The van der Waals surface area contributed by atoms with Crippen LogP contribution in [-0.4, -0.2) is 42.6 Å². The van der Waals surface area contributed by atoms with Gasteiger partial charge < -0.3 is 9.64 Å². The van der Waals surface area contributed by atoms with Gasteiger partial charge in [-0.2, -0.15) is 0 Å². The van der Waals surface area contributed by atoms with Gasteiger partial charge in [-0.05, 0) is 77.1 Å². The molecule has 1 aromatic rings. The van der Waals surface area contributed by atoms with Gasteiger partial charge in [-0.1, -0.05) is 67.7 Å². The van der Waals surface area contributed by atoms with Crippen molar-refractivity contribution in [3.63, 3.8) is 0 Å². The first-order valence-corrected chi connectivity index (χ1v) is 12.2. The SMILES string of the molecule is CC/C=C/C/C=C/C/C=C/C/C=C/C/C=C/CCCCN(C)CCOC(=O)c1cccnc1. The first-order valence-electron chi connectivity index (χ1n) is 12.2. The summed E-state index contributed by atoms with van der Waals surface area (Å²) in [6.45, 7) is 4.31. The molecule has 1 heterocycles. The maximum absolute atomic E-state index is 11.9. The summed E-state index contributed by atoms with van der Waals surface area (Å²) in [6, 6.07) is 3.45. The molecule has 0 atom stereocenters. The normalized spacial score (nSPS) is 12.5. The highest BCUT2D eigenvalue weighted by molar-refractivity contribution is 5.88. The van der Waals surface area contributed by atoms with E-state index in [0.29, 0.717) is 12.2 Å². The number of nitrogens with zero attached hydrogens (tertiary/aromatic N) is 2. The molecule has 0 saturated carbocycles. The summed E-state index contributed by atoms with van der Waals surface area (Å²) >= 11 is 0. The average Bonchev–Trinajstić information content (AvgIpc) is 2.83. The molecule has 0 bridgehead atoms. The van der Waals surface area contributed by atoms with Crippen LogP contribution in [-0.2, 0) is 4.74 Å². The summed E-state index contributed by atoms with van der Waals surface area (Å²) in [5.41, 5.74) is 0.497. The van der Waals surface area contributed by atoms with E-state index in [4.69, 9.17) is 4.74 Å². The van der Waals surface area contributed by atoms with Crippen molar-refractivity contribution in [1.82, 2.24) is 9.88 Å². The third kappa shape index (κ3) is 17.5. The Balaban J connectivity index is 1.94. The Labute approximate surface area is 201 Å². The number of hydrogen-bond donors (Lipinski definition) is 0.